The van der Waals surface area contributed by atoms with Gasteiger partial charge in [0.05, 0.1) is 16.4 Å². The van der Waals surface area contributed by atoms with Gasteiger partial charge in [0.25, 0.3) is 0 Å². The van der Waals surface area contributed by atoms with Gasteiger partial charge in [-0.2, -0.15) is 0 Å². The Morgan fingerprint density at radius 2 is 0.750 bits per heavy atom. The summed E-state index contributed by atoms with van der Waals surface area (Å²) in [4.78, 5) is 29.7. The molecule has 0 unspecified atom stereocenters. The molecule has 0 spiro atoms. The van der Waals surface area contributed by atoms with Gasteiger partial charge in [0.1, 0.15) is 11.2 Å². The first-order valence-corrected chi connectivity index (χ1v) is 30.8. The molecule has 12 aromatic carbocycles. The zero-order valence-electron chi connectivity index (χ0n) is 47.0. The summed E-state index contributed by atoms with van der Waals surface area (Å²) in [5.74, 6) is 3.97. The first-order valence-electron chi connectivity index (χ1n) is 29.2. The highest BCUT2D eigenvalue weighted by atomic mass is 32.1. The largest absolute Gasteiger partial charge is 0.455 e. The second-order valence-electron chi connectivity index (χ2n) is 21.7. The first-order chi connectivity index (χ1) is 43.6. The molecule has 88 heavy (non-hydrogen) atoms. The normalized spacial score (nSPS) is 11.6. The van der Waals surface area contributed by atoms with E-state index < -0.39 is 0 Å². The van der Waals surface area contributed by atoms with Crippen LogP contribution < -0.4 is 0 Å². The molecule has 6 heterocycles. The minimum Gasteiger partial charge on any atom is -0.455 e. The second kappa shape index (κ2) is 21.3. The molecule has 18 aromatic rings. The van der Waals surface area contributed by atoms with Crippen molar-refractivity contribution in [3.8, 4) is 85.1 Å². The molecule has 0 aliphatic rings. The van der Waals surface area contributed by atoms with Crippen LogP contribution in [0.1, 0.15) is 0 Å². The quantitative estimate of drug-likeness (QED) is 0.150. The Kier molecular flexibility index (Phi) is 12.4. The molecule has 0 saturated carbocycles. The lowest BCUT2D eigenvalue weighted by atomic mass is 10.00. The van der Waals surface area contributed by atoms with E-state index in [0.29, 0.717) is 34.9 Å². The maximum atomic E-state index is 6.61. The Labute approximate surface area is 512 Å². The molecule has 0 bridgehead atoms. The fourth-order valence-corrected chi connectivity index (χ4v) is 14.8. The van der Waals surface area contributed by atoms with Crippen molar-refractivity contribution in [3.63, 3.8) is 0 Å². The number of nitrogens with zero attached hydrogens (tertiary/aromatic N) is 7. The molecule has 0 saturated heterocycles. The lowest BCUT2D eigenvalue weighted by molar-refractivity contribution is 0.673. The van der Waals surface area contributed by atoms with Crippen molar-refractivity contribution < 1.29 is 4.42 Å². The van der Waals surface area contributed by atoms with Gasteiger partial charge in [-0.15, -0.1) is 22.7 Å². The molecular formula is C78H47N7OS2. The lowest BCUT2D eigenvalue weighted by Gasteiger charge is -2.10. The molecule has 0 aliphatic heterocycles. The van der Waals surface area contributed by atoms with Crippen molar-refractivity contribution in [1.29, 1.82) is 0 Å². The van der Waals surface area contributed by atoms with Gasteiger partial charge in [-0.05, 0) is 77.9 Å². The smallest absolute Gasteiger partial charge is 0.165 e. The van der Waals surface area contributed by atoms with Crippen LogP contribution in [0, 0.1) is 0 Å². The van der Waals surface area contributed by atoms with Crippen molar-refractivity contribution in [3.05, 3.63) is 285 Å². The number of rotatable bonds is 8. The fraction of sp³-hybridized carbons (Fsp3) is 0. The van der Waals surface area contributed by atoms with Crippen LogP contribution in [0.25, 0.3) is 169 Å². The number of hydrogen-bond donors (Lipinski definition) is 0. The number of para-hydroxylation sites is 2. The van der Waals surface area contributed by atoms with Crippen LogP contribution in [0.5, 0.6) is 0 Å². The van der Waals surface area contributed by atoms with Crippen molar-refractivity contribution >= 4 is 107 Å². The summed E-state index contributed by atoms with van der Waals surface area (Å²) < 4.78 is 14.1. The number of thiophene rings is 2. The average molecular weight is 1160 g/mol. The van der Waals surface area contributed by atoms with Crippen molar-refractivity contribution in [2.24, 2.45) is 0 Å². The van der Waals surface area contributed by atoms with Gasteiger partial charge in [0.15, 0.2) is 34.9 Å². The molecule has 6 aromatic heterocycles. The van der Waals surface area contributed by atoms with Crippen LogP contribution in [-0.4, -0.2) is 34.5 Å². The molecule has 412 valence electrons. The van der Waals surface area contributed by atoms with Gasteiger partial charge < -0.3 is 8.98 Å². The zero-order chi connectivity index (χ0) is 58.1. The molecule has 0 aliphatic carbocycles. The second-order valence-corrected chi connectivity index (χ2v) is 23.8. The molecule has 0 radical (unpaired) electrons. The zero-order valence-corrected chi connectivity index (χ0v) is 48.6. The summed E-state index contributed by atoms with van der Waals surface area (Å²) in [5, 5.41) is 9.70. The Morgan fingerprint density at radius 1 is 0.273 bits per heavy atom. The van der Waals surface area contributed by atoms with Crippen molar-refractivity contribution in [2.75, 3.05) is 0 Å². The molecule has 10 heteroatoms. The Morgan fingerprint density at radius 3 is 1.40 bits per heavy atom. The van der Waals surface area contributed by atoms with Gasteiger partial charge in [-0.25, -0.2) is 29.9 Å². The number of furan rings is 1. The molecule has 0 atom stereocenters. The molecule has 0 fully saturated rings. The van der Waals surface area contributed by atoms with E-state index in [4.69, 9.17) is 34.3 Å². The summed E-state index contributed by atoms with van der Waals surface area (Å²) in [6, 6.07) is 98.6. The van der Waals surface area contributed by atoms with E-state index >= 15 is 0 Å². The highest BCUT2D eigenvalue weighted by Gasteiger charge is 2.22. The van der Waals surface area contributed by atoms with Crippen LogP contribution in [0.4, 0.5) is 0 Å². The molecule has 18 rings (SSSR count). The summed E-state index contributed by atoms with van der Waals surface area (Å²) in [6.45, 7) is 0. The predicted octanol–water partition coefficient (Wildman–Crippen LogP) is 21.1. The Bertz CT molecular complexity index is 5570. The maximum Gasteiger partial charge on any atom is 0.165 e. The van der Waals surface area contributed by atoms with Gasteiger partial charge in [-0.3, -0.25) is 0 Å². The Hall–Kier alpha value is -11.3. The monoisotopic (exact) mass is 1160 g/mol. The van der Waals surface area contributed by atoms with Crippen LogP contribution in [0.15, 0.2) is 290 Å². The van der Waals surface area contributed by atoms with Crippen LogP contribution >= 0.6 is 22.7 Å². The summed E-state index contributed by atoms with van der Waals surface area (Å²) in [6.07, 6.45) is 0. The van der Waals surface area contributed by atoms with E-state index in [1.807, 2.05) is 156 Å². The number of benzene rings is 12. The minimum atomic E-state index is 0.630. The number of hydrogen-bond acceptors (Lipinski definition) is 9. The lowest BCUT2D eigenvalue weighted by Crippen LogP contribution is -2.00. The third kappa shape index (κ3) is 8.88. The highest BCUT2D eigenvalue weighted by Crippen LogP contribution is 2.47. The van der Waals surface area contributed by atoms with Crippen molar-refractivity contribution in [2.45, 2.75) is 0 Å². The van der Waals surface area contributed by atoms with Crippen molar-refractivity contribution in [1.82, 2.24) is 34.5 Å². The van der Waals surface area contributed by atoms with Gasteiger partial charge >= 0.3 is 0 Å². The standard InChI is InChI=1S/C45H28N4O.C33H19N3S2/c1-4-13-29(14-5-1)43-46-44(30-15-6-2-7-16-30)48-45(47-43)33-18-12-17-31(27-33)32-23-25-38-37(28-32)41-39(49(38)34-19-8-3-9-20-34)26-24-36-35-21-10-11-22-40(35)50-42(36)41;1-3-10-20(11-4-1)31-34-32(21-12-5-2-6-13-21)36-33(35-31)25-16-9-15-24-28-27(38-29(24)25)19-18-23-22-14-7-8-17-26(22)37-30(23)28/h1-28H;1-19H. The fourth-order valence-electron chi connectivity index (χ4n) is 12.3. The van der Waals surface area contributed by atoms with Crippen LogP contribution in [0.2, 0.25) is 0 Å². The van der Waals surface area contributed by atoms with Gasteiger partial charge in [0, 0.05) is 95.6 Å². The average Bonchev–Trinajstić information content (AvgIpc) is 1.80. The van der Waals surface area contributed by atoms with E-state index in [2.05, 4.69) is 156 Å². The van der Waals surface area contributed by atoms with E-state index in [9.17, 15) is 0 Å². The molecule has 8 nitrogen and oxygen atoms in total. The number of fused-ring (bicyclic) bond motifs is 14. The van der Waals surface area contributed by atoms with E-state index in [1.54, 1.807) is 0 Å². The minimum absolute atomic E-state index is 0.630. The summed E-state index contributed by atoms with van der Waals surface area (Å²) >= 11 is 3.69. The van der Waals surface area contributed by atoms with E-state index in [0.717, 1.165) is 93.9 Å². The molecular weight excluding hydrogens is 1120 g/mol. The molecule has 0 N–H and O–H groups in total. The number of aromatic nitrogens is 7. The molecule has 0 amide bonds. The Balaban J connectivity index is 0.000000142. The third-order valence-corrected chi connectivity index (χ3v) is 18.8. The summed E-state index contributed by atoms with van der Waals surface area (Å²) in [5.41, 5.74) is 13.1. The summed E-state index contributed by atoms with van der Waals surface area (Å²) in [7, 11) is 0. The van der Waals surface area contributed by atoms with E-state index in [1.165, 1.54) is 40.3 Å². The van der Waals surface area contributed by atoms with E-state index in [-0.39, 0.29) is 0 Å². The van der Waals surface area contributed by atoms with Crippen LogP contribution in [-0.2, 0) is 0 Å². The topological polar surface area (TPSA) is 95.4 Å². The van der Waals surface area contributed by atoms with Crippen LogP contribution in [0.3, 0.4) is 0 Å². The highest BCUT2D eigenvalue weighted by molar-refractivity contribution is 7.30. The van der Waals surface area contributed by atoms with Gasteiger partial charge in [-0.1, -0.05) is 218 Å². The predicted molar refractivity (Wildman–Crippen MR) is 365 cm³/mol. The first kappa shape index (κ1) is 51.1. The van der Waals surface area contributed by atoms with Gasteiger partial charge in [0.2, 0.25) is 0 Å². The third-order valence-electron chi connectivity index (χ3n) is 16.4. The SMILES string of the molecule is c1ccc(-c2nc(-c3ccccc3)nc(-c3cccc(-c4ccc5c(c4)c4c6oc7ccccc7c6ccc4n5-c4ccccc4)c3)n2)cc1.c1ccc(-c2nc(-c3ccccc3)nc(-c3cccc4c3sc3ccc5c6ccccc6sc5c34)n2)cc1. The maximum absolute atomic E-state index is 6.61.